The number of para-hydroxylation sites is 2. The van der Waals surface area contributed by atoms with Gasteiger partial charge in [-0.15, -0.1) is 0 Å². The summed E-state index contributed by atoms with van der Waals surface area (Å²) < 4.78 is 2.32. The Morgan fingerprint density at radius 3 is 1.69 bits per heavy atom. The molecule has 8 rings (SSSR count). The van der Waals surface area contributed by atoms with Gasteiger partial charge < -0.3 is 4.57 Å². The van der Waals surface area contributed by atoms with Gasteiger partial charge in [0.05, 0.1) is 29.9 Å². The zero-order valence-electron chi connectivity index (χ0n) is 26.1. The first-order valence-corrected chi connectivity index (χ1v) is 17.9. The largest absolute Gasteiger partial charge is 0.309 e. The fourth-order valence-electron chi connectivity index (χ4n) is 7.29. The maximum Gasteiger partial charge on any atom is 0.188 e. The van der Waals surface area contributed by atoms with Crippen molar-refractivity contribution in [1.29, 1.82) is 0 Å². The molecule has 7 aromatic carbocycles. The summed E-state index contributed by atoms with van der Waals surface area (Å²) in [6, 6.07) is 61.9. The standard InChI is InChI=1S/C44H29N3Si/c1-45-33-14-13-19-38(30-33)48(35-15-5-3-6-16-35,36-17-7-4-8-18-36)37-27-24-32(25-28-37)39-20-9-11-22-42(39)47-43-23-12-10-21-40(43)41-31-34(46-2)26-29-44(41)47/h3-31H. The lowest BCUT2D eigenvalue weighted by Gasteiger charge is -2.34. The number of hydrogen-bond donors (Lipinski definition) is 0. The molecule has 0 bridgehead atoms. The summed E-state index contributed by atoms with van der Waals surface area (Å²) in [4.78, 5) is 7.53. The molecular weight excluding hydrogens is 599 g/mol. The highest BCUT2D eigenvalue weighted by Gasteiger charge is 2.41. The molecule has 0 aliphatic carbocycles. The van der Waals surface area contributed by atoms with Crippen LogP contribution in [-0.4, -0.2) is 12.6 Å². The van der Waals surface area contributed by atoms with E-state index in [4.69, 9.17) is 13.1 Å². The fourth-order valence-corrected chi connectivity index (χ4v) is 12.0. The van der Waals surface area contributed by atoms with Crippen molar-refractivity contribution < 1.29 is 0 Å². The first-order valence-electron chi connectivity index (χ1n) is 15.9. The predicted molar refractivity (Wildman–Crippen MR) is 202 cm³/mol. The summed E-state index contributed by atoms with van der Waals surface area (Å²) in [5, 5.41) is 7.20. The van der Waals surface area contributed by atoms with E-state index in [0.717, 1.165) is 38.6 Å². The smallest absolute Gasteiger partial charge is 0.188 e. The van der Waals surface area contributed by atoms with Gasteiger partial charge in [0.1, 0.15) is 0 Å². The molecule has 224 valence electrons. The van der Waals surface area contributed by atoms with Crippen molar-refractivity contribution in [2.75, 3.05) is 0 Å². The van der Waals surface area contributed by atoms with Crippen LogP contribution < -0.4 is 20.7 Å². The number of benzene rings is 7. The zero-order chi connectivity index (χ0) is 32.5. The van der Waals surface area contributed by atoms with Crippen molar-refractivity contribution in [2.45, 2.75) is 0 Å². The van der Waals surface area contributed by atoms with Crippen LogP contribution in [0.25, 0.3) is 48.3 Å². The Balaban J connectivity index is 1.35. The lowest BCUT2D eigenvalue weighted by atomic mass is 10.0. The van der Waals surface area contributed by atoms with Crippen molar-refractivity contribution in [2.24, 2.45) is 0 Å². The van der Waals surface area contributed by atoms with E-state index >= 15 is 0 Å². The minimum absolute atomic E-state index is 0.640. The fraction of sp³-hybridized carbons (Fsp3) is 0. The van der Waals surface area contributed by atoms with E-state index in [1.807, 2.05) is 24.3 Å². The van der Waals surface area contributed by atoms with E-state index in [2.05, 4.69) is 166 Å². The zero-order valence-corrected chi connectivity index (χ0v) is 27.1. The lowest BCUT2D eigenvalue weighted by molar-refractivity contribution is 1.18. The molecule has 0 aliphatic heterocycles. The van der Waals surface area contributed by atoms with E-state index < -0.39 is 8.07 Å². The molecule has 0 spiro atoms. The SMILES string of the molecule is [C-]#[N+]c1cccc([Si](c2ccccc2)(c2ccccc2)c2ccc(-c3ccccc3-n3c4ccccc4c4cc([N+]#[C-])ccc43)cc2)c1. The molecule has 0 N–H and O–H groups in total. The third-order valence-corrected chi connectivity index (χ3v) is 14.2. The van der Waals surface area contributed by atoms with Gasteiger partial charge in [-0.05, 0) is 50.8 Å². The Morgan fingerprint density at radius 1 is 0.417 bits per heavy atom. The van der Waals surface area contributed by atoms with E-state index in [1.165, 1.54) is 20.7 Å². The van der Waals surface area contributed by atoms with E-state index in [1.54, 1.807) is 0 Å². The molecule has 1 heterocycles. The predicted octanol–water partition coefficient (Wildman–Crippen LogP) is 8.93. The summed E-state index contributed by atoms with van der Waals surface area (Å²) in [5.74, 6) is 0. The molecule has 0 saturated carbocycles. The lowest BCUT2D eigenvalue weighted by Crippen LogP contribution is -2.74. The molecule has 0 atom stereocenters. The minimum atomic E-state index is -2.79. The van der Waals surface area contributed by atoms with E-state index in [9.17, 15) is 0 Å². The van der Waals surface area contributed by atoms with Crippen molar-refractivity contribution in [1.82, 2.24) is 4.57 Å². The summed E-state index contributed by atoms with van der Waals surface area (Å²) in [7, 11) is -2.79. The number of fused-ring (bicyclic) bond motifs is 3. The molecule has 0 fully saturated rings. The Labute approximate surface area is 281 Å². The normalized spacial score (nSPS) is 11.3. The van der Waals surface area contributed by atoms with Crippen molar-refractivity contribution in [3.8, 4) is 16.8 Å². The van der Waals surface area contributed by atoms with Crippen LogP contribution in [0.3, 0.4) is 0 Å². The van der Waals surface area contributed by atoms with Gasteiger partial charge in [-0.3, -0.25) is 0 Å². The van der Waals surface area contributed by atoms with Gasteiger partial charge in [-0.1, -0.05) is 157 Å². The summed E-state index contributed by atoms with van der Waals surface area (Å²) in [5.41, 5.74) is 6.81. The molecule has 0 amide bonds. The van der Waals surface area contributed by atoms with Gasteiger partial charge in [0.25, 0.3) is 0 Å². The quantitative estimate of drug-likeness (QED) is 0.0993. The van der Waals surface area contributed by atoms with Crippen LogP contribution in [0.1, 0.15) is 0 Å². The highest BCUT2D eigenvalue weighted by Crippen LogP contribution is 2.37. The number of hydrogen-bond acceptors (Lipinski definition) is 0. The van der Waals surface area contributed by atoms with Gasteiger partial charge in [0, 0.05) is 10.9 Å². The molecule has 4 heteroatoms. The maximum atomic E-state index is 7.81. The summed E-state index contributed by atoms with van der Waals surface area (Å²) in [6.07, 6.45) is 0. The highest BCUT2D eigenvalue weighted by molar-refractivity contribution is 7.19. The Morgan fingerprint density at radius 2 is 0.979 bits per heavy atom. The van der Waals surface area contributed by atoms with Crippen molar-refractivity contribution >= 4 is 62.0 Å². The van der Waals surface area contributed by atoms with Crippen LogP contribution >= 0.6 is 0 Å². The van der Waals surface area contributed by atoms with Gasteiger partial charge in [-0.25, -0.2) is 9.69 Å². The highest BCUT2D eigenvalue weighted by atomic mass is 28.3. The van der Waals surface area contributed by atoms with Crippen LogP contribution in [0.2, 0.25) is 0 Å². The number of aromatic nitrogens is 1. The maximum absolute atomic E-state index is 7.81. The Hall–Kier alpha value is -6.46. The first kappa shape index (κ1) is 29.0. The molecular formula is C44H29N3Si. The number of nitrogens with zero attached hydrogens (tertiary/aromatic N) is 3. The van der Waals surface area contributed by atoms with Crippen LogP contribution in [-0.2, 0) is 0 Å². The van der Waals surface area contributed by atoms with Crippen LogP contribution in [0.15, 0.2) is 176 Å². The topological polar surface area (TPSA) is 13.6 Å². The van der Waals surface area contributed by atoms with E-state index in [0.29, 0.717) is 11.4 Å². The van der Waals surface area contributed by atoms with Crippen LogP contribution in [0, 0.1) is 13.1 Å². The first-order chi connectivity index (χ1) is 23.7. The average Bonchev–Trinajstić information content (AvgIpc) is 3.50. The Kier molecular flexibility index (Phi) is 7.27. The monoisotopic (exact) mass is 627 g/mol. The summed E-state index contributed by atoms with van der Waals surface area (Å²) in [6.45, 7) is 15.4. The summed E-state index contributed by atoms with van der Waals surface area (Å²) >= 11 is 0. The Bertz CT molecular complexity index is 2480. The molecule has 0 unspecified atom stereocenters. The second-order valence-electron chi connectivity index (χ2n) is 11.9. The molecule has 1 aromatic heterocycles. The second kappa shape index (κ2) is 12.0. The third kappa shape index (κ3) is 4.64. The molecule has 0 radical (unpaired) electrons. The molecule has 0 aliphatic rings. The molecule has 48 heavy (non-hydrogen) atoms. The van der Waals surface area contributed by atoms with Crippen LogP contribution in [0.5, 0.6) is 0 Å². The second-order valence-corrected chi connectivity index (χ2v) is 15.7. The van der Waals surface area contributed by atoms with Crippen molar-refractivity contribution in [3.05, 3.63) is 199 Å². The van der Waals surface area contributed by atoms with Gasteiger partial charge in [0.2, 0.25) is 0 Å². The molecule has 8 aromatic rings. The molecule has 3 nitrogen and oxygen atoms in total. The van der Waals surface area contributed by atoms with Gasteiger partial charge >= 0.3 is 0 Å². The third-order valence-electron chi connectivity index (χ3n) is 9.38. The van der Waals surface area contributed by atoms with Crippen molar-refractivity contribution in [3.63, 3.8) is 0 Å². The van der Waals surface area contributed by atoms with Crippen LogP contribution in [0.4, 0.5) is 11.4 Å². The number of rotatable bonds is 6. The minimum Gasteiger partial charge on any atom is -0.309 e. The van der Waals surface area contributed by atoms with Gasteiger partial charge in [-0.2, -0.15) is 0 Å². The van der Waals surface area contributed by atoms with Gasteiger partial charge in [0.15, 0.2) is 19.4 Å². The van der Waals surface area contributed by atoms with E-state index in [-0.39, 0.29) is 0 Å². The molecule has 0 saturated heterocycles. The average molecular weight is 628 g/mol.